The summed E-state index contributed by atoms with van der Waals surface area (Å²) in [5.41, 5.74) is 4.27. The molecule has 2 saturated heterocycles. The summed E-state index contributed by atoms with van der Waals surface area (Å²) in [5.74, 6) is -0.0645. The number of nitrogens with zero attached hydrogens (tertiary/aromatic N) is 5. The summed E-state index contributed by atoms with van der Waals surface area (Å²) in [6, 6.07) is 10.4. The van der Waals surface area contributed by atoms with E-state index >= 15 is 0 Å². The number of amides is 3. The molecular weight excluding hydrogens is 402 g/mol. The van der Waals surface area contributed by atoms with Crippen molar-refractivity contribution >= 4 is 17.6 Å². The van der Waals surface area contributed by atoms with Crippen LogP contribution in [0.4, 0.5) is 10.5 Å². The second kappa shape index (κ2) is 8.20. The van der Waals surface area contributed by atoms with E-state index in [1.54, 1.807) is 24.3 Å². The van der Waals surface area contributed by atoms with Crippen molar-refractivity contribution in [2.45, 2.75) is 44.3 Å². The average Bonchev–Trinajstić information content (AvgIpc) is 2.98. The van der Waals surface area contributed by atoms with E-state index in [2.05, 4.69) is 40.0 Å². The fraction of sp³-hybridized carbons (Fsp3) is 0.480. The molecule has 7 heteroatoms. The number of anilines is 1. The minimum absolute atomic E-state index is 0.0645. The number of piperidine rings is 1. The smallest absolute Gasteiger partial charge is 0.327 e. The number of hydrogen-bond acceptors (Lipinski definition) is 5. The highest BCUT2D eigenvalue weighted by Crippen LogP contribution is 2.37. The topological polar surface area (TPSA) is 60.0 Å². The van der Waals surface area contributed by atoms with Gasteiger partial charge in [0.1, 0.15) is 5.54 Å². The quantitative estimate of drug-likeness (QED) is 0.694. The molecule has 3 aliphatic rings. The molecule has 1 spiro atoms. The van der Waals surface area contributed by atoms with Gasteiger partial charge in [-0.1, -0.05) is 18.2 Å². The van der Waals surface area contributed by atoms with E-state index < -0.39 is 5.54 Å². The number of pyridine rings is 1. The third kappa shape index (κ3) is 3.54. The molecule has 5 rings (SSSR count). The maximum atomic E-state index is 13.4. The normalized spacial score (nSPS) is 20.9. The molecule has 7 nitrogen and oxygen atoms in total. The molecule has 3 amide bonds. The number of benzene rings is 1. The Labute approximate surface area is 189 Å². The van der Waals surface area contributed by atoms with Gasteiger partial charge in [0, 0.05) is 58.4 Å². The fourth-order valence-corrected chi connectivity index (χ4v) is 5.48. The molecule has 0 radical (unpaired) electrons. The number of aryl methyl sites for hydroxylation is 1. The van der Waals surface area contributed by atoms with Crippen LogP contribution in [0.1, 0.15) is 36.0 Å². The lowest BCUT2D eigenvalue weighted by Crippen LogP contribution is -2.55. The number of hydrogen-bond donors (Lipinski definition) is 0. The first kappa shape index (κ1) is 20.9. The molecule has 0 atom stereocenters. The molecule has 168 valence electrons. The zero-order valence-corrected chi connectivity index (χ0v) is 19.0. The van der Waals surface area contributed by atoms with E-state index in [1.165, 1.54) is 28.1 Å². The lowest BCUT2D eigenvalue weighted by Gasteiger charge is -2.41. The number of rotatable bonds is 4. The summed E-state index contributed by atoms with van der Waals surface area (Å²) in [4.78, 5) is 38.2. The SMILES string of the molecule is CN1CCCc2cc(CN3CCC4(CC3)C(=O)N(Cc3cccnc3)C(=O)N4C)ccc21. The van der Waals surface area contributed by atoms with E-state index in [0.29, 0.717) is 12.8 Å². The van der Waals surface area contributed by atoms with Gasteiger partial charge in [-0.25, -0.2) is 4.79 Å². The third-order valence-corrected chi connectivity index (χ3v) is 7.45. The molecular formula is C25H31N5O2. The van der Waals surface area contributed by atoms with Gasteiger partial charge >= 0.3 is 6.03 Å². The van der Waals surface area contributed by atoms with Gasteiger partial charge in [0.05, 0.1) is 6.54 Å². The summed E-state index contributed by atoms with van der Waals surface area (Å²) < 4.78 is 0. The van der Waals surface area contributed by atoms with Crippen LogP contribution in [0, 0.1) is 0 Å². The second-order valence-corrected chi connectivity index (χ2v) is 9.39. The van der Waals surface area contributed by atoms with Gasteiger partial charge in [0.25, 0.3) is 5.91 Å². The third-order valence-electron chi connectivity index (χ3n) is 7.45. The van der Waals surface area contributed by atoms with E-state index in [-0.39, 0.29) is 18.5 Å². The van der Waals surface area contributed by atoms with Crippen molar-refractivity contribution in [1.82, 2.24) is 19.7 Å². The first-order chi connectivity index (χ1) is 15.5. The minimum Gasteiger partial charge on any atom is -0.374 e. The lowest BCUT2D eigenvalue weighted by atomic mass is 9.86. The van der Waals surface area contributed by atoms with Crippen molar-refractivity contribution in [2.75, 3.05) is 38.6 Å². The molecule has 0 unspecified atom stereocenters. The monoisotopic (exact) mass is 433 g/mol. The van der Waals surface area contributed by atoms with Gasteiger partial charge in [0.2, 0.25) is 0 Å². The van der Waals surface area contributed by atoms with E-state index in [4.69, 9.17) is 0 Å². The molecule has 0 N–H and O–H groups in total. The Morgan fingerprint density at radius 3 is 2.56 bits per heavy atom. The summed E-state index contributed by atoms with van der Waals surface area (Å²) >= 11 is 0. The number of fused-ring (bicyclic) bond motifs is 1. The summed E-state index contributed by atoms with van der Waals surface area (Å²) in [6.07, 6.45) is 7.10. The zero-order chi connectivity index (χ0) is 22.3. The number of urea groups is 1. The van der Waals surface area contributed by atoms with Crippen LogP contribution < -0.4 is 4.90 Å². The maximum absolute atomic E-state index is 13.4. The van der Waals surface area contributed by atoms with Crippen molar-refractivity contribution in [2.24, 2.45) is 0 Å². The van der Waals surface area contributed by atoms with Crippen LogP contribution in [0.2, 0.25) is 0 Å². The van der Waals surface area contributed by atoms with Crippen LogP contribution in [0.3, 0.4) is 0 Å². The lowest BCUT2D eigenvalue weighted by molar-refractivity contribution is -0.135. The molecule has 3 aliphatic heterocycles. The molecule has 32 heavy (non-hydrogen) atoms. The molecule has 2 fully saturated rings. The van der Waals surface area contributed by atoms with Crippen molar-refractivity contribution in [1.29, 1.82) is 0 Å². The Morgan fingerprint density at radius 1 is 1.00 bits per heavy atom. The predicted octanol–water partition coefficient (Wildman–Crippen LogP) is 2.89. The molecule has 2 aromatic rings. The van der Waals surface area contributed by atoms with Crippen molar-refractivity contribution in [3.05, 3.63) is 59.4 Å². The van der Waals surface area contributed by atoms with Crippen molar-refractivity contribution in [3.8, 4) is 0 Å². The summed E-state index contributed by atoms with van der Waals surface area (Å²) in [6.45, 7) is 3.91. The van der Waals surface area contributed by atoms with Gasteiger partial charge in [-0.2, -0.15) is 0 Å². The van der Waals surface area contributed by atoms with Crippen LogP contribution >= 0.6 is 0 Å². The summed E-state index contributed by atoms with van der Waals surface area (Å²) in [5, 5.41) is 0. The number of aromatic nitrogens is 1. The van der Waals surface area contributed by atoms with Crippen LogP contribution in [-0.4, -0.2) is 70.9 Å². The number of carbonyl (C=O) groups excluding carboxylic acids is 2. The van der Waals surface area contributed by atoms with Crippen LogP contribution in [0.5, 0.6) is 0 Å². The van der Waals surface area contributed by atoms with Crippen molar-refractivity contribution < 1.29 is 9.59 Å². The average molecular weight is 434 g/mol. The molecule has 0 bridgehead atoms. The Balaban J connectivity index is 1.25. The van der Waals surface area contributed by atoms with Gasteiger partial charge in [-0.15, -0.1) is 0 Å². The van der Waals surface area contributed by atoms with Crippen LogP contribution in [0.25, 0.3) is 0 Å². The van der Waals surface area contributed by atoms with Gasteiger partial charge in [-0.05, 0) is 54.5 Å². The summed E-state index contributed by atoms with van der Waals surface area (Å²) in [7, 11) is 3.94. The Hall–Kier alpha value is -2.93. The Morgan fingerprint density at radius 2 is 1.81 bits per heavy atom. The second-order valence-electron chi connectivity index (χ2n) is 9.39. The van der Waals surface area contributed by atoms with Gasteiger partial charge in [-0.3, -0.25) is 19.6 Å². The van der Waals surface area contributed by atoms with Crippen molar-refractivity contribution in [3.63, 3.8) is 0 Å². The Bertz CT molecular complexity index is 1020. The number of likely N-dealkylation sites (tertiary alicyclic amines) is 1. The number of carbonyl (C=O) groups is 2. The van der Waals surface area contributed by atoms with Crippen LogP contribution in [-0.2, 0) is 24.3 Å². The van der Waals surface area contributed by atoms with Gasteiger partial charge < -0.3 is 9.80 Å². The van der Waals surface area contributed by atoms with E-state index in [9.17, 15) is 9.59 Å². The fourth-order valence-electron chi connectivity index (χ4n) is 5.48. The first-order valence-corrected chi connectivity index (χ1v) is 11.5. The highest BCUT2D eigenvalue weighted by molar-refractivity contribution is 6.06. The van der Waals surface area contributed by atoms with E-state index in [0.717, 1.165) is 38.2 Å². The molecule has 0 saturated carbocycles. The molecule has 0 aliphatic carbocycles. The molecule has 4 heterocycles. The van der Waals surface area contributed by atoms with E-state index in [1.807, 2.05) is 12.1 Å². The van der Waals surface area contributed by atoms with Crippen LogP contribution in [0.15, 0.2) is 42.7 Å². The highest BCUT2D eigenvalue weighted by atomic mass is 16.2. The van der Waals surface area contributed by atoms with Gasteiger partial charge in [0.15, 0.2) is 0 Å². The first-order valence-electron chi connectivity index (χ1n) is 11.5. The maximum Gasteiger partial charge on any atom is 0.327 e. The molecule has 1 aromatic carbocycles. The highest BCUT2D eigenvalue weighted by Gasteiger charge is 2.56. The predicted molar refractivity (Wildman–Crippen MR) is 123 cm³/mol. The standard InChI is InChI=1S/C25H31N5O2/c1-27-12-4-6-21-15-19(7-8-22(21)27)17-29-13-9-25(10-14-29)23(31)30(24(32)28(25)2)18-20-5-3-11-26-16-20/h3,5,7-8,11,15-16H,4,6,9-10,12-14,17-18H2,1-2H3. The molecule has 1 aromatic heterocycles. The minimum atomic E-state index is -0.714. The Kier molecular flexibility index (Phi) is 5.37. The largest absolute Gasteiger partial charge is 0.374 e. The number of likely N-dealkylation sites (N-methyl/N-ethyl adjacent to an activating group) is 1. The zero-order valence-electron chi connectivity index (χ0n) is 19.0. The number of imide groups is 1.